The van der Waals surface area contributed by atoms with Gasteiger partial charge in [0.1, 0.15) is 0 Å². The van der Waals surface area contributed by atoms with E-state index in [0.717, 1.165) is 18.9 Å². The van der Waals surface area contributed by atoms with Gasteiger partial charge in [-0.1, -0.05) is 6.92 Å². The zero-order valence-corrected chi connectivity index (χ0v) is 11.0. The topological polar surface area (TPSA) is 62.7 Å². The van der Waals surface area contributed by atoms with E-state index in [2.05, 4.69) is 39.4 Å². The Hall–Kier alpha value is -1.10. The van der Waals surface area contributed by atoms with Crippen LogP contribution in [0.5, 0.6) is 0 Å². The highest BCUT2D eigenvalue weighted by Gasteiger charge is 2.28. The van der Waals surface area contributed by atoms with Gasteiger partial charge < -0.3 is 10.6 Å². The molecule has 5 nitrogen and oxygen atoms in total. The average Bonchev–Trinajstić information content (AvgIpc) is 3.09. The van der Waals surface area contributed by atoms with Crippen molar-refractivity contribution in [1.82, 2.24) is 15.0 Å². The van der Waals surface area contributed by atoms with Crippen molar-refractivity contribution in [3.05, 3.63) is 5.28 Å². The standard InChI is InChI=1S/C11H18ClN5/c1-3-6-13-10-15-9(12)16-11(17-10)14-7(2)8-4-5-8/h7-8H,3-6H2,1-2H3,(H2,13,14,15,16,17). The van der Waals surface area contributed by atoms with E-state index >= 15 is 0 Å². The molecule has 1 atom stereocenters. The highest BCUT2D eigenvalue weighted by atomic mass is 35.5. The van der Waals surface area contributed by atoms with E-state index in [1.807, 2.05) is 0 Å². The van der Waals surface area contributed by atoms with Gasteiger partial charge in [-0.25, -0.2) is 0 Å². The highest BCUT2D eigenvalue weighted by Crippen LogP contribution is 2.33. The molecule has 94 valence electrons. The molecule has 0 spiro atoms. The minimum Gasteiger partial charge on any atom is -0.354 e. The first kappa shape index (κ1) is 12.4. The van der Waals surface area contributed by atoms with Crippen molar-refractivity contribution in [3.63, 3.8) is 0 Å². The molecular weight excluding hydrogens is 238 g/mol. The molecule has 1 fully saturated rings. The van der Waals surface area contributed by atoms with Crippen molar-refractivity contribution in [2.24, 2.45) is 5.92 Å². The van der Waals surface area contributed by atoms with Crippen LogP contribution in [0.3, 0.4) is 0 Å². The molecule has 17 heavy (non-hydrogen) atoms. The lowest BCUT2D eigenvalue weighted by molar-refractivity contribution is 0.685. The average molecular weight is 256 g/mol. The van der Waals surface area contributed by atoms with Crippen LogP contribution >= 0.6 is 11.6 Å². The highest BCUT2D eigenvalue weighted by molar-refractivity contribution is 6.28. The normalized spacial score (nSPS) is 16.6. The van der Waals surface area contributed by atoms with Crippen molar-refractivity contribution in [3.8, 4) is 0 Å². The van der Waals surface area contributed by atoms with Crippen LogP contribution in [0, 0.1) is 5.92 Å². The summed E-state index contributed by atoms with van der Waals surface area (Å²) in [6.45, 7) is 5.07. The molecule has 1 unspecified atom stereocenters. The predicted octanol–water partition coefficient (Wildman–Crippen LogP) is 2.56. The second-order valence-corrected chi connectivity index (χ2v) is 4.79. The monoisotopic (exact) mass is 255 g/mol. The number of halogens is 1. The van der Waals surface area contributed by atoms with Crippen LogP contribution in [0.15, 0.2) is 0 Å². The summed E-state index contributed by atoms with van der Waals surface area (Å²) >= 11 is 5.87. The third-order valence-electron chi connectivity index (χ3n) is 2.83. The molecule has 1 saturated carbocycles. The maximum Gasteiger partial charge on any atom is 0.229 e. The number of aromatic nitrogens is 3. The summed E-state index contributed by atoms with van der Waals surface area (Å²) in [6.07, 6.45) is 3.59. The van der Waals surface area contributed by atoms with E-state index < -0.39 is 0 Å². The SMILES string of the molecule is CCCNc1nc(Cl)nc(NC(C)C2CC2)n1. The molecule has 0 bridgehead atoms. The van der Waals surface area contributed by atoms with Crippen LogP contribution in [-0.2, 0) is 0 Å². The lowest BCUT2D eigenvalue weighted by Gasteiger charge is -2.13. The van der Waals surface area contributed by atoms with Gasteiger partial charge in [-0.15, -0.1) is 0 Å². The molecule has 0 aromatic carbocycles. The van der Waals surface area contributed by atoms with Gasteiger partial charge in [0.2, 0.25) is 17.2 Å². The van der Waals surface area contributed by atoms with Crippen molar-refractivity contribution >= 4 is 23.5 Å². The molecule has 0 saturated heterocycles. The molecule has 0 radical (unpaired) electrons. The van der Waals surface area contributed by atoms with E-state index in [4.69, 9.17) is 11.6 Å². The molecule has 1 heterocycles. The second kappa shape index (κ2) is 5.49. The Morgan fingerprint density at radius 3 is 2.65 bits per heavy atom. The van der Waals surface area contributed by atoms with Gasteiger partial charge in [0.15, 0.2) is 0 Å². The van der Waals surface area contributed by atoms with E-state index in [1.165, 1.54) is 12.8 Å². The van der Waals surface area contributed by atoms with Crippen molar-refractivity contribution in [1.29, 1.82) is 0 Å². The van der Waals surface area contributed by atoms with E-state index in [1.54, 1.807) is 0 Å². The molecule has 0 aliphatic heterocycles. The number of anilines is 2. The molecule has 1 aliphatic rings. The number of hydrogen-bond donors (Lipinski definition) is 2. The molecule has 2 rings (SSSR count). The van der Waals surface area contributed by atoms with Crippen LogP contribution < -0.4 is 10.6 Å². The minimum absolute atomic E-state index is 0.226. The molecule has 1 aliphatic carbocycles. The van der Waals surface area contributed by atoms with Crippen molar-refractivity contribution in [2.45, 2.75) is 39.2 Å². The molecule has 6 heteroatoms. The number of hydrogen-bond acceptors (Lipinski definition) is 5. The summed E-state index contributed by atoms with van der Waals surface area (Å²) in [4.78, 5) is 12.4. The maximum atomic E-state index is 5.87. The first-order valence-corrected chi connectivity index (χ1v) is 6.49. The lowest BCUT2D eigenvalue weighted by atomic mass is 10.2. The third kappa shape index (κ3) is 3.70. The fraction of sp³-hybridized carbons (Fsp3) is 0.727. The molecular formula is C11H18ClN5. The Bertz CT molecular complexity index is 380. The summed E-state index contributed by atoms with van der Waals surface area (Å²) < 4.78 is 0. The molecule has 2 N–H and O–H groups in total. The van der Waals surface area contributed by atoms with Crippen LogP contribution in [0.4, 0.5) is 11.9 Å². The van der Waals surface area contributed by atoms with Crippen LogP contribution in [-0.4, -0.2) is 27.5 Å². The van der Waals surface area contributed by atoms with Gasteiger partial charge >= 0.3 is 0 Å². The Labute approximate surface area is 106 Å². The number of nitrogens with zero attached hydrogens (tertiary/aromatic N) is 3. The Kier molecular flexibility index (Phi) is 3.99. The Morgan fingerprint density at radius 2 is 2.00 bits per heavy atom. The van der Waals surface area contributed by atoms with Gasteiger partial charge in [-0.05, 0) is 43.7 Å². The first-order chi connectivity index (χ1) is 8.19. The Balaban J connectivity index is 2.02. The van der Waals surface area contributed by atoms with Crippen LogP contribution in [0.25, 0.3) is 0 Å². The first-order valence-electron chi connectivity index (χ1n) is 6.11. The minimum atomic E-state index is 0.226. The number of nitrogens with one attached hydrogen (secondary N) is 2. The largest absolute Gasteiger partial charge is 0.354 e. The summed E-state index contributed by atoms with van der Waals surface area (Å²) in [5.74, 6) is 1.85. The van der Waals surface area contributed by atoms with E-state index in [0.29, 0.717) is 17.9 Å². The zero-order chi connectivity index (χ0) is 12.3. The summed E-state index contributed by atoms with van der Waals surface area (Å²) in [6, 6.07) is 0.396. The second-order valence-electron chi connectivity index (χ2n) is 4.45. The van der Waals surface area contributed by atoms with Crippen LogP contribution in [0.1, 0.15) is 33.1 Å². The fourth-order valence-corrected chi connectivity index (χ4v) is 1.81. The maximum absolute atomic E-state index is 5.87. The van der Waals surface area contributed by atoms with E-state index in [-0.39, 0.29) is 5.28 Å². The predicted molar refractivity (Wildman–Crippen MR) is 69.4 cm³/mol. The Morgan fingerprint density at radius 1 is 1.29 bits per heavy atom. The van der Waals surface area contributed by atoms with Crippen molar-refractivity contribution < 1.29 is 0 Å². The summed E-state index contributed by atoms with van der Waals surface area (Å²) in [5, 5.41) is 6.61. The molecule has 0 amide bonds. The van der Waals surface area contributed by atoms with Gasteiger partial charge in [-0.2, -0.15) is 15.0 Å². The lowest BCUT2D eigenvalue weighted by Crippen LogP contribution is -2.20. The van der Waals surface area contributed by atoms with Crippen molar-refractivity contribution in [2.75, 3.05) is 17.2 Å². The third-order valence-corrected chi connectivity index (χ3v) is 3.00. The van der Waals surface area contributed by atoms with Gasteiger partial charge in [0.05, 0.1) is 0 Å². The molecule has 1 aromatic rings. The van der Waals surface area contributed by atoms with Gasteiger partial charge in [-0.3, -0.25) is 0 Å². The fourth-order valence-electron chi connectivity index (χ4n) is 1.65. The quantitative estimate of drug-likeness (QED) is 0.818. The van der Waals surface area contributed by atoms with Gasteiger partial charge in [0, 0.05) is 12.6 Å². The van der Waals surface area contributed by atoms with Crippen LogP contribution in [0.2, 0.25) is 5.28 Å². The summed E-state index contributed by atoms with van der Waals surface area (Å²) in [5.41, 5.74) is 0. The molecule has 1 aromatic heterocycles. The van der Waals surface area contributed by atoms with E-state index in [9.17, 15) is 0 Å². The van der Waals surface area contributed by atoms with Gasteiger partial charge in [0.25, 0.3) is 0 Å². The zero-order valence-electron chi connectivity index (χ0n) is 10.2. The number of rotatable bonds is 6. The summed E-state index contributed by atoms with van der Waals surface area (Å²) in [7, 11) is 0. The smallest absolute Gasteiger partial charge is 0.229 e.